The number of benzene rings is 3. The first-order chi connectivity index (χ1) is 17.7. The van der Waals surface area contributed by atoms with E-state index in [2.05, 4.69) is 51.5 Å². The number of nitrogens with zero attached hydrogens (tertiary/aromatic N) is 3. The molecule has 0 aliphatic carbocycles. The Morgan fingerprint density at radius 2 is 1.69 bits per heavy atom. The van der Waals surface area contributed by atoms with Gasteiger partial charge in [0.25, 0.3) is 5.91 Å². The minimum Gasteiger partial charge on any atom is -0.481 e. The standard InChI is InChI=1S/C29H32N4O2S/c1-2-26(35-24-8-4-3-5-9-24)29(34)30-23-14-12-22(13-15-23)16-17-32-18-20-33(21-19-32)28-25-10-6-7-11-27(25)36-31-28/h3-15,26H,2,16-21H2,1H3,(H,30,34). The van der Waals surface area contributed by atoms with Gasteiger partial charge in [0.2, 0.25) is 0 Å². The number of para-hydroxylation sites is 1. The van der Waals surface area contributed by atoms with Gasteiger partial charge < -0.3 is 15.0 Å². The zero-order chi connectivity index (χ0) is 24.7. The molecular formula is C29H32N4O2S. The number of nitrogens with one attached hydrogen (secondary N) is 1. The first-order valence-electron chi connectivity index (χ1n) is 12.6. The molecule has 1 N–H and O–H groups in total. The summed E-state index contributed by atoms with van der Waals surface area (Å²) in [6.07, 6.45) is 1.07. The van der Waals surface area contributed by atoms with Crippen LogP contribution in [0.3, 0.4) is 0 Å². The monoisotopic (exact) mass is 500 g/mol. The lowest BCUT2D eigenvalue weighted by atomic mass is 10.1. The summed E-state index contributed by atoms with van der Waals surface area (Å²) in [5.74, 6) is 1.71. The summed E-state index contributed by atoms with van der Waals surface area (Å²) in [6, 6.07) is 26.1. The molecule has 5 rings (SSSR count). The number of rotatable bonds is 9. The molecule has 1 aliphatic rings. The van der Waals surface area contributed by atoms with E-state index in [1.165, 1.54) is 15.6 Å². The second-order valence-corrected chi connectivity index (χ2v) is 9.90. The number of carbonyl (C=O) groups is 1. The van der Waals surface area contributed by atoms with Gasteiger partial charge in [-0.25, -0.2) is 0 Å². The Labute approximate surface area is 216 Å². The SMILES string of the molecule is CCC(Oc1ccccc1)C(=O)Nc1ccc(CCN2CCN(c3nsc4ccccc34)CC2)cc1. The molecular weight excluding hydrogens is 468 g/mol. The van der Waals surface area contributed by atoms with Gasteiger partial charge in [0.1, 0.15) is 11.6 Å². The van der Waals surface area contributed by atoms with Crippen LogP contribution in [0.5, 0.6) is 5.75 Å². The van der Waals surface area contributed by atoms with E-state index in [0.717, 1.165) is 50.6 Å². The van der Waals surface area contributed by atoms with Crippen LogP contribution in [-0.4, -0.2) is 54.0 Å². The Morgan fingerprint density at radius 1 is 0.972 bits per heavy atom. The summed E-state index contributed by atoms with van der Waals surface area (Å²) < 4.78 is 11.8. The van der Waals surface area contributed by atoms with Gasteiger partial charge >= 0.3 is 0 Å². The van der Waals surface area contributed by atoms with Crippen LogP contribution in [0.2, 0.25) is 0 Å². The minimum atomic E-state index is -0.520. The summed E-state index contributed by atoms with van der Waals surface area (Å²) >= 11 is 1.58. The molecule has 2 heterocycles. The van der Waals surface area contributed by atoms with E-state index in [0.29, 0.717) is 12.2 Å². The Kier molecular flexibility index (Phi) is 7.79. The lowest BCUT2D eigenvalue weighted by Crippen LogP contribution is -2.47. The highest BCUT2D eigenvalue weighted by Crippen LogP contribution is 2.29. The van der Waals surface area contributed by atoms with Gasteiger partial charge in [-0.05, 0) is 66.3 Å². The van der Waals surface area contributed by atoms with E-state index in [4.69, 9.17) is 9.11 Å². The van der Waals surface area contributed by atoms with Crippen molar-refractivity contribution in [3.63, 3.8) is 0 Å². The van der Waals surface area contributed by atoms with Crippen LogP contribution in [-0.2, 0) is 11.2 Å². The Morgan fingerprint density at radius 3 is 2.44 bits per heavy atom. The fraction of sp³-hybridized carbons (Fsp3) is 0.310. The first kappa shape index (κ1) is 24.3. The van der Waals surface area contributed by atoms with Crippen molar-refractivity contribution in [3.05, 3.63) is 84.4 Å². The van der Waals surface area contributed by atoms with Crippen LogP contribution in [0.25, 0.3) is 10.1 Å². The zero-order valence-electron chi connectivity index (χ0n) is 20.6. The molecule has 6 nitrogen and oxygen atoms in total. The smallest absolute Gasteiger partial charge is 0.265 e. The van der Waals surface area contributed by atoms with Gasteiger partial charge in [-0.2, -0.15) is 4.37 Å². The average molecular weight is 501 g/mol. The number of fused-ring (bicyclic) bond motifs is 1. The highest BCUT2D eigenvalue weighted by Gasteiger charge is 2.21. The van der Waals surface area contributed by atoms with E-state index in [9.17, 15) is 4.79 Å². The van der Waals surface area contributed by atoms with Gasteiger partial charge in [0.15, 0.2) is 6.10 Å². The number of hydrogen-bond donors (Lipinski definition) is 1. The molecule has 1 aliphatic heterocycles. The van der Waals surface area contributed by atoms with Crippen molar-refractivity contribution in [2.24, 2.45) is 0 Å². The molecule has 4 aromatic rings. The normalized spacial score (nSPS) is 15.1. The molecule has 0 spiro atoms. The Balaban J connectivity index is 1.08. The van der Waals surface area contributed by atoms with E-state index in [1.54, 1.807) is 11.5 Å². The third-order valence-corrected chi connectivity index (χ3v) is 7.47. The summed E-state index contributed by atoms with van der Waals surface area (Å²) in [6.45, 7) is 7.07. The zero-order valence-corrected chi connectivity index (χ0v) is 21.4. The molecule has 186 valence electrons. The highest BCUT2D eigenvalue weighted by atomic mass is 32.1. The van der Waals surface area contributed by atoms with E-state index < -0.39 is 6.10 Å². The maximum Gasteiger partial charge on any atom is 0.265 e. The van der Waals surface area contributed by atoms with Gasteiger partial charge in [0, 0.05) is 43.8 Å². The van der Waals surface area contributed by atoms with Gasteiger partial charge in [0.05, 0.1) is 4.70 Å². The lowest BCUT2D eigenvalue weighted by molar-refractivity contribution is -0.122. The highest BCUT2D eigenvalue weighted by molar-refractivity contribution is 7.13. The maximum absolute atomic E-state index is 12.7. The maximum atomic E-state index is 12.7. The number of hydrogen-bond acceptors (Lipinski definition) is 6. The summed E-state index contributed by atoms with van der Waals surface area (Å²) in [4.78, 5) is 17.6. The van der Waals surface area contributed by atoms with Gasteiger partial charge in [-0.1, -0.05) is 49.4 Å². The van der Waals surface area contributed by atoms with E-state index in [-0.39, 0.29) is 5.91 Å². The molecule has 7 heteroatoms. The molecule has 1 saturated heterocycles. The molecule has 1 unspecified atom stereocenters. The lowest BCUT2D eigenvalue weighted by Gasteiger charge is -2.35. The molecule has 0 saturated carbocycles. The van der Waals surface area contributed by atoms with Crippen LogP contribution in [0.15, 0.2) is 78.9 Å². The topological polar surface area (TPSA) is 57.7 Å². The summed E-state index contributed by atoms with van der Waals surface area (Å²) in [5, 5.41) is 4.26. The Hall–Kier alpha value is -3.42. The molecule has 3 aromatic carbocycles. The predicted octanol–water partition coefficient (Wildman–Crippen LogP) is 5.46. The van der Waals surface area contributed by atoms with Gasteiger partial charge in [-0.3, -0.25) is 9.69 Å². The minimum absolute atomic E-state index is 0.125. The number of aromatic nitrogens is 1. The van der Waals surface area contributed by atoms with Crippen molar-refractivity contribution in [3.8, 4) is 5.75 Å². The van der Waals surface area contributed by atoms with Crippen LogP contribution >= 0.6 is 11.5 Å². The fourth-order valence-corrected chi connectivity index (χ4v) is 5.33. The van der Waals surface area contributed by atoms with E-state index in [1.807, 2.05) is 49.4 Å². The average Bonchev–Trinajstić information content (AvgIpc) is 3.36. The molecule has 1 aromatic heterocycles. The molecule has 1 fully saturated rings. The molecule has 36 heavy (non-hydrogen) atoms. The quantitative estimate of drug-likeness (QED) is 0.331. The van der Waals surface area contributed by atoms with Crippen LogP contribution in [0.1, 0.15) is 18.9 Å². The number of piperazine rings is 1. The molecule has 1 amide bonds. The van der Waals surface area contributed by atoms with Crippen molar-refractivity contribution >= 4 is 39.0 Å². The van der Waals surface area contributed by atoms with Crippen molar-refractivity contribution in [1.29, 1.82) is 0 Å². The third kappa shape index (κ3) is 5.86. The predicted molar refractivity (Wildman–Crippen MR) is 148 cm³/mol. The number of ether oxygens (including phenoxy) is 1. The first-order valence-corrected chi connectivity index (χ1v) is 13.4. The van der Waals surface area contributed by atoms with Crippen molar-refractivity contribution in [2.45, 2.75) is 25.9 Å². The molecule has 1 atom stereocenters. The second-order valence-electron chi connectivity index (χ2n) is 9.09. The second kappa shape index (κ2) is 11.5. The molecule has 0 bridgehead atoms. The number of anilines is 2. The van der Waals surface area contributed by atoms with Crippen molar-refractivity contribution in [1.82, 2.24) is 9.27 Å². The van der Waals surface area contributed by atoms with Crippen molar-refractivity contribution < 1.29 is 9.53 Å². The van der Waals surface area contributed by atoms with Crippen LogP contribution < -0.4 is 15.0 Å². The Bertz CT molecular complexity index is 1270. The largest absolute Gasteiger partial charge is 0.481 e. The number of carbonyl (C=O) groups excluding carboxylic acids is 1. The summed E-state index contributed by atoms with van der Waals surface area (Å²) in [7, 11) is 0. The summed E-state index contributed by atoms with van der Waals surface area (Å²) in [5.41, 5.74) is 2.07. The molecule has 0 radical (unpaired) electrons. The van der Waals surface area contributed by atoms with Crippen LogP contribution in [0, 0.1) is 0 Å². The van der Waals surface area contributed by atoms with E-state index >= 15 is 0 Å². The number of amides is 1. The van der Waals surface area contributed by atoms with Crippen molar-refractivity contribution in [2.75, 3.05) is 42.9 Å². The van der Waals surface area contributed by atoms with Crippen LogP contribution in [0.4, 0.5) is 11.5 Å². The fourth-order valence-electron chi connectivity index (χ4n) is 4.53. The van der Waals surface area contributed by atoms with Gasteiger partial charge in [-0.15, -0.1) is 0 Å². The third-order valence-electron chi connectivity index (χ3n) is 6.65.